The molecule has 0 rings (SSSR count). The molecule has 11 heavy (non-hydrogen) atoms. The molecule has 0 spiro atoms. The van der Waals surface area contributed by atoms with Gasteiger partial charge in [-0.3, -0.25) is 0 Å². The van der Waals surface area contributed by atoms with Gasteiger partial charge in [0.25, 0.3) is 0 Å². The second kappa shape index (κ2) is 22.5. The Kier molecular flexibility index (Phi) is 45.9. The number of halogens is 1. The summed E-state index contributed by atoms with van der Waals surface area (Å²) in [6, 6.07) is -1.07. The SMILES string of the molecule is C[N-]C(=O)[N-]F.O=S=O.[Li+].[Li+]. The number of rotatable bonds is 0. The Morgan fingerprint density at radius 3 is 1.64 bits per heavy atom. The van der Waals surface area contributed by atoms with E-state index in [1.54, 1.807) is 5.54 Å². The van der Waals surface area contributed by atoms with E-state index in [9.17, 15) is 9.28 Å². The van der Waals surface area contributed by atoms with E-state index in [0.29, 0.717) is 0 Å². The molecule has 0 radical (unpaired) electrons. The second-order valence-electron chi connectivity index (χ2n) is 0.659. The van der Waals surface area contributed by atoms with Crippen molar-refractivity contribution in [2.75, 3.05) is 7.05 Å². The van der Waals surface area contributed by atoms with Gasteiger partial charge in [-0.1, -0.05) is 0 Å². The van der Waals surface area contributed by atoms with Crippen molar-refractivity contribution >= 4 is 17.6 Å². The van der Waals surface area contributed by atoms with Crippen molar-refractivity contribution in [3.05, 3.63) is 10.9 Å². The molecule has 0 aromatic rings. The van der Waals surface area contributed by atoms with Crippen molar-refractivity contribution in [1.82, 2.24) is 0 Å². The van der Waals surface area contributed by atoms with Crippen LogP contribution in [0.15, 0.2) is 0 Å². The summed E-state index contributed by atoms with van der Waals surface area (Å²) in [6.45, 7) is 0. The third kappa shape index (κ3) is 38.8. The normalized spacial score (nSPS) is 4.91. The van der Waals surface area contributed by atoms with Crippen LogP contribution in [-0.4, -0.2) is 21.5 Å². The molecule has 5 nitrogen and oxygen atoms in total. The molecule has 9 heteroatoms. The van der Waals surface area contributed by atoms with Gasteiger partial charge in [0.2, 0.25) is 0 Å². The molecule has 0 aliphatic carbocycles. The van der Waals surface area contributed by atoms with Crippen LogP contribution < -0.4 is 37.7 Å². The Labute approximate surface area is 90.8 Å². The molecule has 54 valence electrons. The van der Waals surface area contributed by atoms with Gasteiger partial charge in [0.1, 0.15) is 0 Å². The summed E-state index contributed by atoms with van der Waals surface area (Å²) in [4.78, 5) is 9.47. The van der Waals surface area contributed by atoms with Gasteiger partial charge in [-0.15, -0.1) is 7.05 Å². The molecule has 0 N–H and O–H groups in total. The summed E-state index contributed by atoms with van der Waals surface area (Å²) in [5, 5.41) is 2.83. The average molecular weight is 168 g/mol. The van der Waals surface area contributed by atoms with Crippen LogP contribution in [0, 0.1) is 0 Å². The zero-order chi connectivity index (χ0) is 7.70. The van der Waals surface area contributed by atoms with Crippen molar-refractivity contribution in [2.24, 2.45) is 0 Å². The molecule has 0 heterocycles. The number of hydrogen-bond acceptors (Lipinski definition) is 3. The van der Waals surface area contributed by atoms with E-state index < -0.39 is 17.6 Å². The zero-order valence-electron chi connectivity index (χ0n) is 6.41. The topological polar surface area (TPSA) is 79.4 Å². The average Bonchev–Trinajstić information content (AvgIpc) is 1.88. The minimum atomic E-state index is -1.07. The van der Waals surface area contributed by atoms with E-state index in [1.165, 1.54) is 7.05 Å². The van der Waals surface area contributed by atoms with Gasteiger partial charge >= 0.3 is 49.3 Å². The standard InChI is InChI=1S/C2H4FN2O.2Li.O2S/c1-4-2(6)5-3;;;1-3-2/h1H3,(H-,4,5,6);;;/q-1;2*+1;/p-1. The largest absolute Gasteiger partial charge is 1.00 e. The maximum absolute atomic E-state index is 10.6. The van der Waals surface area contributed by atoms with E-state index in [-0.39, 0.29) is 37.7 Å². The van der Waals surface area contributed by atoms with E-state index in [0.717, 1.165) is 0 Å². The van der Waals surface area contributed by atoms with Crippen LogP contribution in [0.25, 0.3) is 10.9 Å². The Morgan fingerprint density at radius 2 is 1.64 bits per heavy atom. The number of amides is 2. The van der Waals surface area contributed by atoms with Gasteiger partial charge < -0.3 is 20.1 Å². The molecule has 0 fully saturated rings. The van der Waals surface area contributed by atoms with Crippen LogP contribution in [0.4, 0.5) is 9.28 Å². The van der Waals surface area contributed by atoms with Crippen molar-refractivity contribution in [3.8, 4) is 0 Å². The summed E-state index contributed by atoms with van der Waals surface area (Å²) >= 11 is -0.750. The minimum absolute atomic E-state index is 0. The first-order valence-electron chi connectivity index (χ1n) is 1.60. The predicted molar refractivity (Wildman–Crippen MR) is 28.1 cm³/mol. The summed E-state index contributed by atoms with van der Waals surface area (Å²) in [6.07, 6.45) is 0. The minimum Gasteiger partial charge on any atom is -0.671 e. The molecular formula is C2H3FLi2N2O3S. The number of hydrogen-bond donors (Lipinski definition) is 0. The molecule has 0 aromatic heterocycles. The number of carbonyl (C=O) groups excluding carboxylic acids is 1. The fraction of sp³-hybridized carbons (Fsp3) is 0.500. The molecule has 0 aliphatic rings. The van der Waals surface area contributed by atoms with E-state index in [1.807, 2.05) is 0 Å². The molecule has 0 bridgehead atoms. The van der Waals surface area contributed by atoms with Crippen molar-refractivity contribution < 1.29 is 55.4 Å². The van der Waals surface area contributed by atoms with Gasteiger partial charge in [-0.05, 0) is 6.03 Å². The number of carbonyl (C=O) groups is 1. The Hall–Kier alpha value is 0.215. The van der Waals surface area contributed by atoms with Crippen molar-refractivity contribution in [1.29, 1.82) is 0 Å². The number of nitrogens with zero attached hydrogens (tertiary/aromatic N) is 2. The molecule has 0 aromatic carbocycles. The summed E-state index contributed by atoms with van der Waals surface area (Å²) < 4.78 is 27.2. The first-order valence-corrected chi connectivity index (χ1v) is 2.27. The summed E-state index contributed by atoms with van der Waals surface area (Å²) in [7, 11) is 1.17. The molecule has 0 saturated heterocycles. The monoisotopic (exact) mass is 168 g/mol. The van der Waals surface area contributed by atoms with Crippen LogP contribution in [0.3, 0.4) is 0 Å². The van der Waals surface area contributed by atoms with Gasteiger partial charge in [0.05, 0.1) is 0 Å². The van der Waals surface area contributed by atoms with E-state index in [2.05, 4.69) is 5.32 Å². The summed E-state index contributed by atoms with van der Waals surface area (Å²) in [5.74, 6) is 0. The van der Waals surface area contributed by atoms with Gasteiger partial charge in [-0.2, -0.15) is 8.42 Å². The molecular weight excluding hydrogens is 165 g/mol. The molecule has 2 amide bonds. The molecule has 0 unspecified atom stereocenters. The van der Waals surface area contributed by atoms with Crippen molar-refractivity contribution in [3.63, 3.8) is 0 Å². The third-order valence-electron chi connectivity index (χ3n) is 0.264. The van der Waals surface area contributed by atoms with Crippen LogP contribution in [0.2, 0.25) is 0 Å². The summed E-state index contributed by atoms with van der Waals surface area (Å²) in [5.41, 5.74) is 1.70. The number of urea groups is 1. The Balaban J connectivity index is -0.0000000437. The van der Waals surface area contributed by atoms with Crippen molar-refractivity contribution in [2.45, 2.75) is 0 Å². The smallest absolute Gasteiger partial charge is 0.671 e. The predicted octanol–water partition coefficient (Wildman–Crippen LogP) is -5.29. The van der Waals surface area contributed by atoms with Gasteiger partial charge in [0.15, 0.2) is 0 Å². The van der Waals surface area contributed by atoms with E-state index >= 15 is 0 Å². The zero-order valence-corrected chi connectivity index (χ0v) is 7.22. The third-order valence-corrected chi connectivity index (χ3v) is 0.264. The fourth-order valence-corrected chi connectivity index (χ4v) is 0.0378. The van der Waals surface area contributed by atoms with Crippen LogP contribution in [-0.2, 0) is 11.6 Å². The Bertz CT molecular complexity index is 114. The van der Waals surface area contributed by atoms with Crippen LogP contribution >= 0.6 is 0 Å². The Morgan fingerprint density at radius 1 is 1.36 bits per heavy atom. The first-order chi connectivity index (χ1) is 4.22. The maximum atomic E-state index is 10.6. The molecule has 0 saturated carbocycles. The van der Waals surface area contributed by atoms with Crippen LogP contribution in [0.1, 0.15) is 0 Å². The van der Waals surface area contributed by atoms with E-state index in [4.69, 9.17) is 8.42 Å². The van der Waals surface area contributed by atoms with Gasteiger partial charge in [0, 0.05) is 0 Å². The van der Waals surface area contributed by atoms with Gasteiger partial charge in [-0.25, -0.2) is 0 Å². The molecule has 0 aliphatic heterocycles. The second-order valence-corrected chi connectivity index (χ2v) is 0.795. The molecule has 0 atom stereocenters. The quantitative estimate of drug-likeness (QED) is 0.339. The van der Waals surface area contributed by atoms with Crippen LogP contribution in [0.5, 0.6) is 0 Å². The maximum Gasteiger partial charge on any atom is 1.00 e. The fourth-order valence-electron chi connectivity index (χ4n) is 0.0378. The first kappa shape index (κ1) is 22.5.